The molecule has 1 aliphatic rings. The molecular formula is C20H21ClN4O2. The summed E-state index contributed by atoms with van der Waals surface area (Å²) in [7, 11) is 1.62. The van der Waals surface area contributed by atoms with Gasteiger partial charge in [-0.15, -0.1) is 0 Å². The van der Waals surface area contributed by atoms with Gasteiger partial charge in [0.15, 0.2) is 5.65 Å². The van der Waals surface area contributed by atoms with Crippen LogP contribution in [0.15, 0.2) is 30.5 Å². The standard InChI is InChI=1S/C20H21ClN4O2/c1-13-17-18(21)16(20(26)24-9-4-3-5-10-24)12-22-19(17)25(23-13)14-7-6-8-15(11-14)27-2/h6-8,11-12H,3-5,9-10H2,1-2H3. The van der Waals surface area contributed by atoms with E-state index in [0.29, 0.717) is 21.6 Å². The van der Waals surface area contributed by atoms with Crippen LogP contribution < -0.4 is 4.74 Å². The molecule has 1 aromatic carbocycles. The summed E-state index contributed by atoms with van der Waals surface area (Å²) in [5.74, 6) is 0.680. The average molecular weight is 385 g/mol. The van der Waals surface area contributed by atoms with Gasteiger partial charge in [0.05, 0.1) is 34.5 Å². The Morgan fingerprint density at radius 3 is 2.74 bits per heavy atom. The molecule has 0 bridgehead atoms. The van der Waals surface area contributed by atoms with Gasteiger partial charge >= 0.3 is 0 Å². The molecule has 0 N–H and O–H groups in total. The van der Waals surface area contributed by atoms with Gasteiger partial charge in [0, 0.05) is 25.4 Å². The van der Waals surface area contributed by atoms with Crippen LogP contribution in [0.1, 0.15) is 35.3 Å². The number of fused-ring (bicyclic) bond motifs is 1. The zero-order valence-corrected chi connectivity index (χ0v) is 16.2. The molecule has 0 atom stereocenters. The van der Waals surface area contributed by atoms with Gasteiger partial charge in [-0.2, -0.15) is 5.10 Å². The molecule has 0 saturated carbocycles. The minimum Gasteiger partial charge on any atom is -0.497 e. The summed E-state index contributed by atoms with van der Waals surface area (Å²) < 4.78 is 7.03. The van der Waals surface area contributed by atoms with E-state index in [1.165, 1.54) is 6.42 Å². The maximum Gasteiger partial charge on any atom is 0.256 e. The Bertz CT molecular complexity index is 1010. The number of methoxy groups -OCH3 is 1. The van der Waals surface area contributed by atoms with Gasteiger partial charge in [0.25, 0.3) is 5.91 Å². The third-order valence-electron chi connectivity index (χ3n) is 4.98. The van der Waals surface area contributed by atoms with Crippen molar-refractivity contribution in [1.82, 2.24) is 19.7 Å². The highest BCUT2D eigenvalue weighted by Crippen LogP contribution is 2.31. The third kappa shape index (κ3) is 3.14. The maximum atomic E-state index is 12.9. The second-order valence-corrected chi connectivity index (χ2v) is 7.11. The van der Waals surface area contributed by atoms with Crippen molar-refractivity contribution >= 4 is 28.5 Å². The molecule has 0 aliphatic carbocycles. The van der Waals surface area contributed by atoms with Crippen LogP contribution in [0.3, 0.4) is 0 Å². The van der Waals surface area contributed by atoms with Crippen molar-refractivity contribution < 1.29 is 9.53 Å². The number of halogens is 1. The number of carbonyl (C=O) groups excluding carboxylic acids is 1. The van der Waals surface area contributed by atoms with Crippen LogP contribution in [0.25, 0.3) is 16.7 Å². The summed E-state index contributed by atoms with van der Waals surface area (Å²) in [5.41, 5.74) is 2.63. The first-order valence-electron chi connectivity index (χ1n) is 9.07. The number of piperidine rings is 1. The van der Waals surface area contributed by atoms with Gasteiger partial charge < -0.3 is 9.64 Å². The van der Waals surface area contributed by atoms with Crippen molar-refractivity contribution in [1.29, 1.82) is 0 Å². The molecule has 2 aromatic heterocycles. The maximum absolute atomic E-state index is 12.9. The molecule has 0 spiro atoms. The summed E-state index contributed by atoms with van der Waals surface area (Å²) >= 11 is 6.65. The molecule has 0 unspecified atom stereocenters. The van der Waals surface area contributed by atoms with E-state index in [9.17, 15) is 4.79 Å². The first kappa shape index (κ1) is 17.8. The van der Waals surface area contributed by atoms with Crippen molar-refractivity contribution in [3.8, 4) is 11.4 Å². The van der Waals surface area contributed by atoms with E-state index in [0.717, 1.165) is 43.1 Å². The molecular weight excluding hydrogens is 364 g/mol. The summed E-state index contributed by atoms with van der Waals surface area (Å²) in [6.45, 7) is 3.42. The van der Waals surface area contributed by atoms with Crippen LogP contribution in [0.4, 0.5) is 0 Å². The topological polar surface area (TPSA) is 60.3 Å². The number of aryl methyl sites for hydroxylation is 1. The second-order valence-electron chi connectivity index (χ2n) is 6.74. The van der Waals surface area contributed by atoms with Crippen LogP contribution in [0.5, 0.6) is 5.75 Å². The van der Waals surface area contributed by atoms with E-state index in [2.05, 4.69) is 10.1 Å². The Morgan fingerprint density at radius 2 is 2.00 bits per heavy atom. The summed E-state index contributed by atoms with van der Waals surface area (Å²) in [6, 6.07) is 7.58. The molecule has 140 valence electrons. The number of amides is 1. The highest BCUT2D eigenvalue weighted by atomic mass is 35.5. The van der Waals surface area contributed by atoms with Crippen molar-refractivity contribution in [3.63, 3.8) is 0 Å². The number of hydrogen-bond donors (Lipinski definition) is 0. The number of rotatable bonds is 3. The Balaban J connectivity index is 1.80. The number of benzene rings is 1. The minimum absolute atomic E-state index is 0.0531. The zero-order chi connectivity index (χ0) is 19.0. The molecule has 3 aromatic rings. The van der Waals surface area contributed by atoms with Crippen molar-refractivity contribution in [2.24, 2.45) is 0 Å². The first-order valence-corrected chi connectivity index (χ1v) is 9.45. The number of carbonyl (C=O) groups is 1. The quantitative estimate of drug-likeness (QED) is 0.684. The van der Waals surface area contributed by atoms with E-state index in [-0.39, 0.29) is 5.91 Å². The lowest BCUT2D eigenvalue weighted by Crippen LogP contribution is -2.35. The van der Waals surface area contributed by atoms with Crippen LogP contribution in [0, 0.1) is 6.92 Å². The first-order chi connectivity index (χ1) is 13.1. The highest BCUT2D eigenvalue weighted by molar-refractivity contribution is 6.38. The van der Waals surface area contributed by atoms with E-state index in [1.54, 1.807) is 18.0 Å². The molecule has 27 heavy (non-hydrogen) atoms. The van der Waals surface area contributed by atoms with E-state index in [4.69, 9.17) is 16.3 Å². The lowest BCUT2D eigenvalue weighted by atomic mass is 10.1. The number of nitrogens with zero attached hydrogens (tertiary/aromatic N) is 4. The summed E-state index contributed by atoms with van der Waals surface area (Å²) in [6.07, 6.45) is 4.80. The minimum atomic E-state index is -0.0531. The Kier molecular flexibility index (Phi) is 4.74. The Hall–Kier alpha value is -2.60. The molecule has 7 heteroatoms. The Labute approximate surface area is 162 Å². The number of likely N-dealkylation sites (tertiary alicyclic amines) is 1. The number of pyridine rings is 1. The Morgan fingerprint density at radius 1 is 1.22 bits per heavy atom. The van der Waals surface area contributed by atoms with Gasteiger partial charge in [0.1, 0.15) is 5.75 Å². The predicted molar refractivity (Wildman–Crippen MR) is 105 cm³/mol. The smallest absolute Gasteiger partial charge is 0.256 e. The molecule has 4 rings (SSSR count). The molecule has 1 fully saturated rings. The highest BCUT2D eigenvalue weighted by Gasteiger charge is 2.24. The van der Waals surface area contributed by atoms with E-state index < -0.39 is 0 Å². The zero-order valence-electron chi connectivity index (χ0n) is 15.4. The molecule has 1 saturated heterocycles. The molecule has 0 radical (unpaired) electrons. The normalized spacial score (nSPS) is 14.6. The van der Waals surface area contributed by atoms with Crippen molar-refractivity contribution in [3.05, 3.63) is 46.7 Å². The fourth-order valence-corrected chi connectivity index (χ4v) is 3.90. The van der Waals surface area contributed by atoms with E-state index in [1.807, 2.05) is 36.1 Å². The van der Waals surface area contributed by atoms with Gasteiger partial charge in [-0.1, -0.05) is 17.7 Å². The molecule has 3 heterocycles. The third-order valence-corrected chi connectivity index (χ3v) is 5.37. The largest absolute Gasteiger partial charge is 0.497 e. The van der Waals surface area contributed by atoms with Gasteiger partial charge in [-0.25, -0.2) is 9.67 Å². The van der Waals surface area contributed by atoms with Gasteiger partial charge in [0.2, 0.25) is 0 Å². The summed E-state index contributed by atoms with van der Waals surface area (Å²) in [5, 5.41) is 5.73. The lowest BCUT2D eigenvalue weighted by Gasteiger charge is -2.27. The fraction of sp³-hybridized carbons (Fsp3) is 0.350. The number of ether oxygens (including phenoxy) is 1. The van der Waals surface area contributed by atoms with Gasteiger partial charge in [-0.05, 0) is 38.3 Å². The molecule has 6 nitrogen and oxygen atoms in total. The van der Waals surface area contributed by atoms with Crippen LogP contribution >= 0.6 is 11.6 Å². The SMILES string of the molecule is COc1cccc(-n2nc(C)c3c(Cl)c(C(=O)N4CCCCC4)cnc32)c1. The summed E-state index contributed by atoms with van der Waals surface area (Å²) in [4.78, 5) is 19.3. The van der Waals surface area contributed by atoms with Crippen molar-refractivity contribution in [2.45, 2.75) is 26.2 Å². The van der Waals surface area contributed by atoms with Crippen LogP contribution in [0.2, 0.25) is 5.02 Å². The van der Waals surface area contributed by atoms with E-state index >= 15 is 0 Å². The second kappa shape index (κ2) is 7.19. The number of aromatic nitrogens is 3. The lowest BCUT2D eigenvalue weighted by molar-refractivity contribution is 0.0724. The van der Waals surface area contributed by atoms with Crippen LogP contribution in [-0.2, 0) is 0 Å². The van der Waals surface area contributed by atoms with Gasteiger partial charge in [-0.3, -0.25) is 4.79 Å². The van der Waals surface area contributed by atoms with Crippen molar-refractivity contribution in [2.75, 3.05) is 20.2 Å². The average Bonchev–Trinajstić information content (AvgIpc) is 3.06. The molecule has 1 aliphatic heterocycles. The predicted octanol–water partition coefficient (Wildman–Crippen LogP) is 4.02. The monoisotopic (exact) mass is 384 g/mol. The fourth-order valence-electron chi connectivity index (χ4n) is 3.55. The molecule has 1 amide bonds. The number of hydrogen-bond acceptors (Lipinski definition) is 4. The van der Waals surface area contributed by atoms with Crippen LogP contribution in [-0.4, -0.2) is 45.8 Å².